The van der Waals surface area contributed by atoms with Crippen molar-refractivity contribution in [1.82, 2.24) is 9.88 Å². The molecule has 1 aromatic rings. The zero-order valence-corrected chi connectivity index (χ0v) is 14.1. The fraction of sp³-hybridized carbons (Fsp3) is 0.647. The first kappa shape index (κ1) is 17.5. The Hall–Kier alpha value is -1.58. The second-order valence-electron chi connectivity index (χ2n) is 5.71. The van der Waals surface area contributed by atoms with E-state index in [0.717, 1.165) is 49.4 Å². The average molecular weight is 291 g/mol. The highest BCUT2D eigenvalue weighted by molar-refractivity contribution is 5.94. The molecule has 0 bridgehead atoms. The van der Waals surface area contributed by atoms with Gasteiger partial charge in [-0.25, -0.2) is 4.98 Å². The Kier molecular flexibility index (Phi) is 7.20. The van der Waals surface area contributed by atoms with E-state index in [2.05, 4.69) is 38.0 Å². The number of hydrogen-bond acceptors (Lipinski definition) is 3. The smallest absolute Gasteiger partial charge is 0.253 e. The number of nitrogens with zero attached hydrogens (tertiary/aromatic N) is 2. The number of rotatable bonds is 8. The number of hydrogen-bond donors (Lipinski definition) is 1. The zero-order valence-electron chi connectivity index (χ0n) is 14.1. The van der Waals surface area contributed by atoms with Gasteiger partial charge < -0.3 is 10.2 Å². The molecule has 4 heteroatoms. The van der Waals surface area contributed by atoms with Gasteiger partial charge in [0.15, 0.2) is 0 Å². The molecule has 118 valence electrons. The molecular weight excluding hydrogens is 262 g/mol. The Morgan fingerprint density at radius 3 is 2.62 bits per heavy atom. The monoisotopic (exact) mass is 291 g/mol. The predicted octanol–water partition coefficient (Wildman–Crippen LogP) is 3.58. The van der Waals surface area contributed by atoms with E-state index in [1.165, 1.54) is 0 Å². The van der Waals surface area contributed by atoms with Gasteiger partial charge in [-0.15, -0.1) is 0 Å². The lowest BCUT2D eigenvalue weighted by atomic mass is 10.1. The van der Waals surface area contributed by atoms with E-state index in [1.54, 1.807) is 0 Å². The largest absolute Gasteiger partial charge is 0.370 e. The topological polar surface area (TPSA) is 45.2 Å². The number of aryl methyl sites for hydroxylation is 1. The number of aromatic nitrogens is 1. The molecule has 0 spiro atoms. The van der Waals surface area contributed by atoms with E-state index in [1.807, 2.05) is 24.1 Å². The first-order valence-electron chi connectivity index (χ1n) is 8.02. The first-order chi connectivity index (χ1) is 10.0. The maximum atomic E-state index is 12.6. The van der Waals surface area contributed by atoms with Gasteiger partial charge >= 0.3 is 0 Å². The van der Waals surface area contributed by atoms with Crippen molar-refractivity contribution in [3.05, 3.63) is 23.4 Å². The van der Waals surface area contributed by atoms with Crippen LogP contribution < -0.4 is 5.32 Å². The van der Waals surface area contributed by atoms with Crippen LogP contribution in [-0.4, -0.2) is 35.9 Å². The normalized spacial score (nSPS) is 12.0. The summed E-state index contributed by atoms with van der Waals surface area (Å²) in [5.74, 6) is 1.40. The molecule has 1 heterocycles. The van der Waals surface area contributed by atoms with Crippen LogP contribution in [0.4, 0.5) is 5.82 Å². The van der Waals surface area contributed by atoms with Crippen LogP contribution >= 0.6 is 0 Å². The molecule has 1 unspecified atom stereocenters. The summed E-state index contributed by atoms with van der Waals surface area (Å²) in [5.41, 5.74) is 1.68. The zero-order chi connectivity index (χ0) is 15.8. The maximum Gasteiger partial charge on any atom is 0.253 e. The molecule has 1 N–H and O–H groups in total. The van der Waals surface area contributed by atoms with Crippen molar-refractivity contribution in [2.45, 2.75) is 47.0 Å². The van der Waals surface area contributed by atoms with Crippen molar-refractivity contribution in [2.75, 3.05) is 25.5 Å². The van der Waals surface area contributed by atoms with E-state index in [0.29, 0.717) is 5.92 Å². The average Bonchev–Trinajstić information content (AvgIpc) is 2.51. The Bertz CT molecular complexity index is 459. The molecule has 0 radical (unpaired) electrons. The number of carbonyl (C=O) groups excluding carboxylic acids is 1. The van der Waals surface area contributed by atoms with Gasteiger partial charge in [0.1, 0.15) is 5.82 Å². The van der Waals surface area contributed by atoms with Crippen molar-refractivity contribution < 1.29 is 4.79 Å². The van der Waals surface area contributed by atoms with Crippen LogP contribution in [-0.2, 0) is 6.42 Å². The van der Waals surface area contributed by atoms with E-state index in [4.69, 9.17) is 0 Å². The minimum Gasteiger partial charge on any atom is -0.370 e. The SMILES string of the molecule is CCCNc1cc(C(=O)N(C)CC(C)CC)cc(CC)n1. The second kappa shape index (κ2) is 8.65. The predicted molar refractivity (Wildman–Crippen MR) is 88.8 cm³/mol. The Morgan fingerprint density at radius 1 is 1.33 bits per heavy atom. The van der Waals surface area contributed by atoms with Crippen LogP contribution in [0.25, 0.3) is 0 Å². The van der Waals surface area contributed by atoms with Crippen LogP contribution in [0, 0.1) is 5.92 Å². The molecule has 0 aliphatic carbocycles. The molecule has 1 rings (SSSR count). The summed E-state index contributed by atoms with van der Waals surface area (Å²) in [4.78, 5) is 18.9. The third-order valence-electron chi connectivity index (χ3n) is 3.67. The molecule has 0 fully saturated rings. The summed E-state index contributed by atoms with van der Waals surface area (Å²) < 4.78 is 0. The molecule has 21 heavy (non-hydrogen) atoms. The summed E-state index contributed by atoms with van der Waals surface area (Å²) in [5, 5.41) is 3.27. The quantitative estimate of drug-likeness (QED) is 0.796. The van der Waals surface area contributed by atoms with Gasteiger partial charge in [-0.1, -0.05) is 34.1 Å². The third-order valence-corrected chi connectivity index (χ3v) is 3.67. The summed E-state index contributed by atoms with van der Waals surface area (Å²) in [6.45, 7) is 10.2. The molecule has 4 nitrogen and oxygen atoms in total. The van der Waals surface area contributed by atoms with Gasteiger partial charge in [-0.3, -0.25) is 4.79 Å². The van der Waals surface area contributed by atoms with E-state index >= 15 is 0 Å². The van der Waals surface area contributed by atoms with Gasteiger partial charge in [-0.05, 0) is 30.9 Å². The lowest BCUT2D eigenvalue weighted by molar-refractivity contribution is 0.0774. The van der Waals surface area contributed by atoms with Gasteiger partial charge in [0.05, 0.1) is 0 Å². The molecule has 0 aliphatic heterocycles. The molecule has 0 aliphatic rings. The molecular formula is C17H29N3O. The maximum absolute atomic E-state index is 12.6. The van der Waals surface area contributed by atoms with Gasteiger partial charge in [0, 0.05) is 31.4 Å². The Labute approximate surface area is 129 Å². The van der Waals surface area contributed by atoms with Crippen molar-refractivity contribution in [3.63, 3.8) is 0 Å². The van der Waals surface area contributed by atoms with Crippen LogP contribution in [0.2, 0.25) is 0 Å². The van der Waals surface area contributed by atoms with Crippen LogP contribution in [0.15, 0.2) is 12.1 Å². The molecule has 0 saturated carbocycles. The van der Waals surface area contributed by atoms with Crippen LogP contribution in [0.3, 0.4) is 0 Å². The van der Waals surface area contributed by atoms with E-state index in [-0.39, 0.29) is 5.91 Å². The Morgan fingerprint density at radius 2 is 2.05 bits per heavy atom. The number of nitrogens with one attached hydrogen (secondary N) is 1. The van der Waals surface area contributed by atoms with E-state index in [9.17, 15) is 4.79 Å². The highest BCUT2D eigenvalue weighted by atomic mass is 16.2. The molecule has 1 atom stereocenters. The molecule has 1 aromatic heterocycles. The second-order valence-corrected chi connectivity index (χ2v) is 5.71. The lowest BCUT2D eigenvalue weighted by Crippen LogP contribution is -2.31. The highest BCUT2D eigenvalue weighted by Crippen LogP contribution is 2.14. The number of anilines is 1. The van der Waals surface area contributed by atoms with Crippen molar-refractivity contribution in [2.24, 2.45) is 5.92 Å². The fourth-order valence-corrected chi connectivity index (χ4v) is 2.14. The summed E-state index contributed by atoms with van der Waals surface area (Å²) in [6, 6.07) is 3.77. The van der Waals surface area contributed by atoms with E-state index < -0.39 is 0 Å². The molecule has 0 saturated heterocycles. The van der Waals surface area contributed by atoms with Crippen LogP contribution in [0.5, 0.6) is 0 Å². The minimum absolute atomic E-state index is 0.0759. The third kappa shape index (κ3) is 5.37. The van der Waals surface area contributed by atoms with Crippen molar-refractivity contribution in [1.29, 1.82) is 0 Å². The molecule has 1 amide bonds. The van der Waals surface area contributed by atoms with Gasteiger partial charge in [0.2, 0.25) is 0 Å². The minimum atomic E-state index is 0.0759. The summed E-state index contributed by atoms with van der Waals surface area (Å²) in [6.07, 6.45) is 2.95. The standard InChI is InChI=1S/C17H29N3O/c1-6-9-18-16-11-14(10-15(8-3)19-16)17(21)20(5)12-13(4)7-2/h10-11,13H,6-9,12H2,1-5H3,(H,18,19). The van der Waals surface area contributed by atoms with Gasteiger partial charge in [-0.2, -0.15) is 0 Å². The summed E-state index contributed by atoms with van der Waals surface area (Å²) in [7, 11) is 1.87. The van der Waals surface area contributed by atoms with Crippen molar-refractivity contribution >= 4 is 11.7 Å². The Balaban J connectivity index is 2.91. The van der Waals surface area contributed by atoms with Crippen molar-refractivity contribution in [3.8, 4) is 0 Å². The first-order valence-corrected chi connectivity index (χ1v) is 8.02. The van der Waals surface area contributed by atoms with Crippen LogP contribution in [0.1, 0.15) is 56.6 Å². The fourth-order valence-electron chi connectivity index (χ4n) is 2.14. The number of carbonyl (C=O) groups is 1. The summed E-state index contributed by atoms with van der Waals surface area (Å²) >= 11 is 0. The number of amides is 1. The number of pyridine rings is 1. The highest BCUT2D eigenvalue weighted by Gasteiger charge is 2.15. The molecule has 0 aromatic carbocycles. The lowest BCUT2D eigenvalue weighted by Gasteiger charge is -2.21. The van der Waals surface area contributed by atoms with Gasteiger partial charge in [0.25, 0.3) is 5.91 Å².